The fourth-order valence-electron chi connectivity index (χ4n) is 1.89. The van der Waals surface area contributed by atoms with Crippen LogP contribution in [0.15, 0.2) is 59.6 Å². The Hall–Kier alpha value is -2.24. The van der Waals surface area contributed by atoms with E-state index in [-0.39, 0.29) is 0 Å². The predicted molar refractivity (Wildman–Crippen MR) is 87.5 cm³/mol. The van der Waals surface area contributed by atoms with Crippen molar-refractivity contribution in [3.8, 4) is 5.69 Å². The van der Waals surface area contributed by atoms with Gasteiger partial charge in [0.2, 0.25) is 4.77 Å². The van der Waals surface area contributed by atoms with Crippen LogP contribution in [-0.2, 0) is 0 Å². The lowest BCUT2D eigenvalue weighted by atomic mass is 10.2. The molecule has 0 bridgehead atoms. The van der Waals surface area contributed by atoms with Crippen LogP contribution in [-0.4, -0.2) is 21.0 Å². The molecule has 1 aromatic heterocycles. The number of H-pyrrole nitrogens is 1. The minimum atomic E-state index is 0.478. The number of halogens is 1. The average Bonchev–Trinajstić information content (AvgIpc) is 2.88. The Labute approximate surface area is 131 Å². The van der Waals surface area contributed by atoms with Gasteiger partial charge in [-0.1, -0.05) is 48.0 Å². The van der Waals surface area contributed by atoms with Gasteiger partial charge in [0.25, 0.3) is 5.95 Å². The van der Waals surface area contributed by atoms with Crippen molar-refractivity contribution in [3.05, 3.63) is 70.0 Å². The zero-order chi connectivity index (χ0) is 14.7. The summed E-state index contributed by atoms with van der Waals surface area (Å²) in [5, 5.41) is 7.54. The summed E-state index contributed by atoms with van der Waals surface area (Å²) in [6, 6.07) is 17.2. The summed E-state index contributed by atoms with van der Waals surface area (Å²) in [6.45, 7) is 0. The van der Waals surface area contributed by atoms with Crippen molar-refractivity contribution in [2.24, 2.45) is 4.99 Å². The van der Waals surface area contributed by atoms with Crippen LogP contribution in [0.1, 0.15) is 5.56 Å². The van der Waals surface area contributed by atoms with Gasteiger partial charge in [-0.05, 0) is 30.4 Å². The minimum absolute atomic E-state index is 0.478. The minimum Gasteiger partial charge on any atom is -0.253 e. The number of nitrogens with zero attached hydrogens (tertiary/aromatic N) is 3. The molecule has 0 aliphatic rings. The van der Waals surface area contributed by atoms with Crippen molar-refractivity contribution in [1.82, 2.24) is 14.8 Å². The van der Waals surface area contributed by atoms with Crippen LogP contribution < -0.4 is 0 Å². The highest BCUT2D eigenvalue weighted by molar-refractivity contribution is 7.71. The number of aliphatic imine (C=N–C) groups is 1. The van der Waals surface area contributed by atoms with Crippen molar-refractivity contribution >= 4 is 36.0 Å². The van der Waals surface area contributed by atoms with Crippen LogP contribution in [0.5, 0.6) is 0 Å². The number of hydrogen-bond donors (Lipinski definition) is 1. The summed E-state index contributed by atoms with van der Waals surface area (Å²) >= 11 is 11.4. The first kappa shape index (κ1) is 13.7. The molecule has 0 atom stereocenters. The standard InChI is InChI=1S/C15H11ClN4S/c16-13-9-5-4-6-11(13)10-17-14-18-19-15(21)20(14)12-7-2-1-3-8-12/h1-10H,(H,19,21)/b17-10+. The van der Waals surface area contributed by atoms with Gasteiger partial charge in [0.05, 0.1) is 5.69 Å². The Bertz CT molecular complexity index is 836. The van der Waals surface area contributed by atoms with Crippen molar-refractivity contribution < 1.29 is 0 Å². The average molecular weight is 315 g/mol. The van der Waals surface area contributed by atoms with Crippen LogP contribution in [0.25, 0.3) is 5.69 Å². The second kappa shape index (κ2) is 6.03. The summed E-state index contributed by atoms with van der Waals surface area (Å²) in [4.78, 5) is 4.38. The van der Waals surface area contributed by atoms with Crippen molar-refractivity contribution in [3.63, 3.8) is 0 Å². The lowest BCUT2D eigenvalue weighted by molar-refractivity contribution is 1.03. The van der Waals surface area contributed by atoms with E-state index < -0.39 is 0 Å². The number of hydrogen-bond acceptors (Lipinski definition) is 3. The Kier molecular flexibility index (Phi) is 3.94. The van der Waals surface area contributed by atoms with Crippen molar-refractivity contribution in [2.45, 2.75) is 0 Å². The van der Waals surface area contributed by atoms with E-state index in [1.54, 1.807) is 10.8 Å². The van der Waals surface area contributed by atoms with Gasteiger partial charge in [0.1, 0.15) is 0 Å². The highest BCUT2D eigenvalue weighted by Crippen LogP contribution is 2.18. The van der Waals surface area contributed by atoms with E-state index in [0.29, 0.717) is 15.7 Å². The maximum absolute atomic E-state index is 6.11. The highest BCUT2D eigenvalue weighted by atomic mass is 35.5. The SMILES string of the molecule is S=c1[nH]nc(/N=C/c2ccccc2Cl)n1-c1ccccc1. The number of benzene rings is 2. The van der Waals surface area contributed by atoms with Gasteiger partial charge < -0.3 is 0 Å². The van der Waals surface area contributed by atoms with Crippen LogP contribution in [0, 0.1) is 4.77 Å². The molecular weight excluding hydrogens is 304 g/mol. The van der Waals surface area contributed by atoms with Gasteiger partial charge >= 0.3 is 0 Å². The van der Waals surface area contributed by atoms with Gasteiger partial charge in [0.15, 0.2) is 0 Å². The third kappa shape index (κ3) is 2.94. The number of nitrogens with one attached hydrogen (secondary N) is 1. The molecule has 4 nitrogen and oxygen atoms in total. The number of rotatable bonds is 3. The quantitative estimate of drug-likeness (QED) is 0.577. The molecular formula is C15H11ClN4S. The van der Waals surface area contributed by atoms with Crippen LogP contribution in [0.3, 0.4) is 0 Å². The van der Waals surface area contributed by atoms with Gasteiger partial charge in [-0.2, -0.15) is 0 Å². The molecule has 0 fully saturated rings. The molecule has 0 radical (unpaired) electrons. The fourth-order valence-corrected chi connectivity index (χ4v) is 2.31. The largest absolute Gasteiger partial charge is 0.253 e. The molecule has 3 rings (SSSR count). The first-order valence-electron chi connectivity index (χ1n) is 6.27. The summed E-state index contributed by atoms with van der Waals surface area (Å²) < 4.78 is 2.26. The first-order valence-corrected chi connectivity index (χ1v) is 7.06. The second-order valence-corrected chi connectivity index (χ2v) is 5.07. The monoisotopic (exact) mass is 314 g/mol. The molecule has 1 N–H and O–H groups in total. The second-order valence-electron chi connectivity index (χ2n) is 4.28. The summed E-state index contributed by atoms with van der Waals surface area (Å²) in [7, 11) is 0. The Morgan fingerprint density at radius 2 is 1.81 bits per heavy atom. The molecule has 0 saturated carbocycles. The third-order valence-electron chi connectivity index (χ3n) is 2.89. The molecule has 3 aromatic rings. The van der Waals surface area contributed by atoms with Gasteiger partial charge in [-0.25, -0.2) is 10.1 Å². The molecule has 104 valence electrons. The zero-order valence-corrected chi connectivity index (χ0v) is 12.5. The molecule has 0 spiro atoms. The lowest BCUT2D eigenvalue weighted by Gasteiger charge is -2.02. The summed E-state index contributed by atoms with van der Waals surface area (Å²) in [6.07, 6.45) is 1.67. The lowest BCUT2D eigenvalue weighted by Crippen LogP contribution is -1.93. The van der Waals surface area contributed by atoms with Gasteiger partial charge in [-0.3, -0.25) is 4.57 Å². The normalized spacial score (nSPS) is 11.1. The van der Waals surface area contributed by atoms with E-state index in [2.05, 4.69) is 15.2 Å². The number of aromatic amines is 1. The molecule has 2 aromatic carbocycles. The van der Waals surface area contributed by atoms with E-state index >= 15 is 0 Å². The number of para-hydroxylation sites is 1. The van der Waals surface area contributed by atoms with Gasteiger partial charge in [-0.15, -0.1) is 5.10 Å². The Morgan fingerprint density at radius 3 is 2.57 bits per heavy atom. The molecule has 1 heterocycles. The van der Waals surface area contributed by atoms with Crippen LogP contribution in [0.2, 0.25) is 5.02 Å². The third-order valence-corrected chi connectivity index (χ3v) is 3.51. The molecule has 0 amide bonds. The summed E-state index contributed by atoms with van der Waals surface area (Å²) in [5.41, 5.74) is 1.73. The fraction of sp³-hybridized carbons (Fsp3) is 0. The molecule has 0 saturated heterocycles. The van der Waals surface area contributed by atoms with E-state index in [9.17, 15) is 0 Å². The molecule has 0 aliphatic carbocycles. The molecule has 6 heteroatoms. The van der Waals surface area contributed by atoms with E-state index in [4.69, 9.17) is 23.8 Å². The van der Waals surface area contributed by atoms with E-state index in [0.717, 1.165) is 11.3 Å². The molecule has 21 heavy (non-hydrogen) atoms. The van der Waals surface area contributed by atoms with E-state index in [1.165, 1.54) is 0 Å². The molecule has 0 aliphatic heterocycles. The van der Waals surface area contributed by atoms with Crippen LogP contribution in [0.4, 0.5) is 5.95 Å². The zero-order valence-electron chi connectivity index (χ0n) is 10.9. The molecule has 0 unspecified atom stereocenters. The van der Waals surface area contributed by atoms with Crippen molar-refractivity contribution in [1.29, 1.82) is 0 Å². The maximum atomic E-state index is 6.11. The first-order chi connectivity index (χ1) is 10.3. The highest BCUT2D eigenvalue weighted by Gasteiger charge is 2.06. The maximum Gasteiger partial charge on any atom is 0.253 e. The number of aromatic nitrogens is 3. The predicted octanol–water partition coefficient (Wildman–Crippen LogP) is 4.33. The van der Waals surface area contributed by atoms with E-state index in [1.807, 2.05) is 54.6 Å². The van der Waals surface area contributed by atoms with Crippen molar-refractivity contribution in [2.75, 3.05) is 0 Å². The Morgan fingerprint density at radius 1 is 1.10 bits per heavy atom. The smallest absolute Gasteiger partial charge is 0.253 e. The Balaban J connectivity index is 2.02. The summed E-state index contributed by atoms with van der Waals surface area (Å²) in [5.74, 6) is 0.478. The van der Waals surface area contributed by atoms with Gasteiger partial charge in [0, 0.05) is 16.8 Å². The topological polar surface area (TPSA) is 46.0 Å². The van der Waals surface area contributed by atoms with Crippen LogP contribution >= 0.6 is 23.8 Å².